The van der Waals surface area contributed by atoms with E-state index in [1.807, 2.05) is 53.7 Å². The first-order chi connectivity index (χ1) is 13.9. The fourth-order valence-electron chi connectivity index (χ4n) is 3.14. The molecule has 0 spiro atoms. The van der Waals surface area contributed by atoms with Crippen LogP contribution in [0.4, 0.5) is 0 Å². The van der Waals surface area contributed by atoms with Gasteiger partial charge in [0, 0.05) is 11.9 Å². The van der Waals surface area contributed by atoms with Gasteiger partial charge in [-0.1, -0.05) is 6.08 Å². The van der Waals surface area contributed by atoms with Crippen molar-refractivity contribution in [3.63, 3.8) is 0 Å². The molecule has 8 heteroatoms. The molecule has 7 nitrogen and oxygen atoms in total. The molecule has 4 atom stereocenters. The number of allylic oxidation sites excluding steroid dienone is 4. The Morgan fingerprint density at radius 3 is 2.37 bits per heavy atom. The van der Waals surface area contributed by atoms with Crippen LogP contribution in [-0.2, 0) is 9.47 Å². The number of ether oxygens (including phenoxy) is 2. The van der Waals surface area contributed by atoms with E-state index in [4.69, 9.17) is 9.47 Å². The second-order valence-electron chi connectivity index (χ2n) is 8.88. The van der Waals surface area contributed by atoms with Gasteiger partial charge in [0.15, 0.2) is 6.29 Å². The molecular weight excluding hydrogens is 499 g/mol. The summed E-state index contributed by atoms with van der Waals surface area (Å²) in [5, 5.41) is 34.5. The Bertz CT molecular complexity index is 724. The van der Waals surface area contributed by atoms with E-state index in [0.29, 0.717) is 18.6 Å². The van der Waals surface area contributed by atoms with Crippen molar-refractivity contribution in [1.82, 2.24) is 10.2 Å². The van der Waals surface area contributed by atoms with Gasteiger partial charge in [0.2, 0.25) is 0 Å². The molecule has 2 rings (SSSR count). The third-order valence-electron chi connectivity index (χ3n) is 4.69. The molecule has 0 aromatic heterocycles. The lowest BCUT2D eigenvalue weighted by Gasteiger charge is -2.37. The standard InChI is InChI=1S/C22H35IN2O5/c1-13(2)29-18-12-25(19(26)11-17(18)23)14(3)20(27)24-16-9-7-15(8-10-16)21(28)30-22(4,5)6/h7,9,11-14,19-21,24,26-28H,8,10H2,1-6H3. The largest absolute Gasteiger partial charge is 0.488 e. The van der Waals surface area contributed by atoms with Crippen LogP contribution in [0, 0.1) is 0 Å². The van der Waals surface area contributed by atoms with Crippen molar-refractivity contribution in [2.24, 2.45) is 0 Å². The van der Waals surface area contributed by atoms with Gasteiger partial charge in [-0.3, -0.25) is 0 Å². The van der Waals surface area contributed by atoms with E-state index in [1.165, 1.54) is 0 Å². The van der Waals surface area contributed by atoms with Crippen LogP contribution in [0.3, 0.4) is 0 Å². The van der Waals surface area contributed by atoms with Crippen molar-refractivity contribution in [3.05, 3.63) is 45.0 Å². The van der Waals surface area contributed by atoms with E-state index in [2.05, 4.69) is 27.9 Å². The molecule has 1 aliphatic heterocycles. The summed E-state index contributed by atoms with van der Waals surface area (Å²) in [6, 6.07) is -0.410. The minimum absolute atomic E-state index is 0.0101. The van der Waals surface area contributed by atoms with Crippen molar-refractivity contribution >= 4 is 22.6 Å². The predicted octanol–water partition coefficient (Wildman–Crippen LogP) is 3.24. The van der Waals surface area contributed by atoms with Gasteiger partial charge in [0.1, 0.15) is 18.2 Å². The van der Waals surface area contributed by atoms with E-state index in [-0.39, 0.29) is 6.10 Å². The van der Waals surface area contributed by atoms with Gasteiger partial charge in [-0.25, -0.2) is 0 Å². The fraction of sp³-hybridized carbons (Fsp3) is 0.636. The summed E-state index contributed by atoms with van der Waals surface area (Å²) >= 11 is 2.13. The molecular formula is C22H35IN2O5. The molecule has 30 heavy (non-hydrogen) atoms. The molecule has 1 heterocycles. The molecule has 0 fully saturated rings. The minimum atomic E-state index is -0.936. The van der Waals surface area contributed by atoms with Gasteiger partial charge < -0.3 is 35.0 Å². The van der Waals surface area contributed by atoms with Crippen LogP contribution in [0.15, 0.2) is 45.0 Å². The Labute approximate surface area is 193 Å². The number of hydrogen-bond acceptors (Lipinski definition) is 7. The molecule has 1 aliphatic carbocycles. The van der Waals surface area contributed by atoms with Crippen LogP contribution in [0.25, 0.3) is 0 Å². The minimum Gasteiger partial charge on any atom is -0.488 e. The quantitative estimate of drug-likeness (QED) is 0.281. The average molecular weight is 534 g/mol. The van der Waals surface area contributed by atoms with E-state index in [1.54, 1.807) is 17.2 Å². The summed E-state index contributed by atoms with van der Waals surface area (Å²) in [5.74, 6) is 0.673. The van der Waals surface area contributed by atoms with Crippen LogP contribution in [0.2, 0.25) is 0 Å². The van der Waals surface area contributed by atoms with E-state index >= 15 is 0 Å². The summed E-state index contributed by atoms with van der Waals surface area (Å²) in [7, 11) is 0. The van der Waals surface area contributed by atoms with Crippen molar-refractivity contribution < 1.29 is 24.8 Å². The Balaban J connectivity index is 2.02. The Hall–Kier alpha value is -1.07. The number of nitrogens with zero attached hydrogens (tertiary/aromatic N) is 1. The maximum Gasteiger partial charge on any atom is 0.178 e. The number of aliphatic hydroxyl groups excluding tert-OH is 3. The average Bonchev–Trinajstić information content (AvgIpc) is 2.62. The molecule has 4 unspecified atom stereocenters. The molecule has 0 amide bonds. The first-order valence-corrected chi connectivity index (χ1v) is 11.4. The van der Waals surface area contributed by atoms with Gasteiger partial charge >= 0.3 is 0 Å². The van der Waals surface area contributed by atoms with Crippen LogP contribution < -0.4 is 5.32 Å². The van der Waals surface area contributed by atoms with Crippen LogP contribution in [-0.4, -0.2) is 56.7 Å². The zero-order valence-corrected chi connectivity index (χ0v) is 20.8. The zero-order chi connectivity index (χ0) is 22.6. The fourth-order valence-corrected chi connectivity index (χ4v) is 3.72. The second kappa shape index (κ2) is 10.5. The maximum absolute atomic E-state index is 10.7. The smallest absolute Gasteiger partial charge is 0.178 e. The second-order valence-corrected chi connectivity index (χ2v) is 10.0. The molecule has 170 valence electrons. The Morgan fingerprint density at radius 1 is 1.17 bits per heavy atom. The maximum atomic E-state index is 10.7. The Morgan fingerprint density at radius 2 is 1.83 bits per heavy atom. The summed E-state index contributed by atoms with van der Waals surface area (Å²) in [6.07, 6.45) is 5.73. The highest BCUT2D eigenvalue weighted by atomic mass is 127. The molecule has 2 aliphatic rings. The van der Waals surface area contributed by atoms with E-state index in [0.717, 1.165) is 14.8 Å². The molecule has 0 radical (unpaired) electrons. The monoisotopic (exact) mass is 534 g/mol. The third-order valence-corrected chi connectivity index (χ3v) is 5.58. The normalized spacial score (nSPS) is 23.2. The molecule has 0 saturated heterocycles. The highest BCUT2D eigenvalue weighted by Crippen LogP contribution is 2.29. The molecule has 0 aromatic carbocycles. The van der Waals surface area contributed by atoms with Gasteiger partial charge in [-0.2, -0.15) is 0 Å². The number of aliphatic hydroxyl groups is 3. The van der Waals surface area contributed by atoms with Crippen molar-refractivity contribution in [2.75, 3.05) is 0 Å². The van der Waals surface area contributed by atoms with Gasteiger partial charge in [-0.05, 0) is 94.7 Å². The summed E-state index contributed by atoms with van der Waals surface area (Å²) < 4.78 is 12.2. The first kappa shape index (κ1) is 25.2. The topological polar surface area (TPSA) is 94.4 Å². The number of rotatable bonds is 8. The third kappa shape index (κ3) is 7.26. The SMILES string of the molecule is CC(C)OC1=CN(C(C)C(O)NC2=CC=C(C(O)OC(C)(C)C)CC2)C(O)C=C1I. The Kier molecular flexibility index (Phi) is 8.81. The summed E-state index contributed by atoms with van der Waals surface area (Å²) in [5.41, 5.74) is 1.24. The van der Waals surface area contributed by atoms with Crippen LogP contribution in [0.1, 0.15) is 54.4 Å². The van der Waals surface area contributed by atoms with Crippen molar-refractivity contribution in [1.29, 1.82) is 0 Å². The van der Waals surface area contributed by atoms with E-state index < -0.39 is 30.4 Å². The van der Waals surface area contributed by atoms with E-state index in [9.17, 15) is 15.3 Å². The van der Waals surface area contributed by atoms with Crippen LogP contribution >= 0.6 is 22.6 Å². The number of hydrogen-bond donors (Lipinski definition) is 4. The van der Waals surface area contributed by atoms with Gasteiger partial charge in [-0.15, -0.1) is 0 Å². The van der Waals surface area contributed by atoms with Crippen LogP contribution in [0.5, 0.6) is 0 Å². The van der Waals surface area contributed by atoms with Crippen molar-refractivity contribution in [2.45, 2.75) is 90.9 Å². The lowest BCUT2D eigenvalue weighted by molar-refractivity contribution is -0.145. The molecule has 0 bridgehead atoms. The zero-order valence-electron chi connectivity index (χ0n) is 18.6. The summed E-state index contributed by atoms with van der Waals surface area (Å²) in [4.78, 5) is 1.67. The highest BCUT2D eigenvalue weighted by molar-refractivity contribution is 14.1. The molecule has 4 N–H and O–H groups in total. The lowest BCUT2D eigenvalue weighted by atomic mass is 10.0. The van der Waals surface area contributed by atoms with Gasteiger partial charge in [0.05, 0.1) is 21.3 Å². The highest BCUT2D eigenvalue weighted by Gasteiger charge is 2.29. The lowest BCUT2D eigenvalue weighted by Crippen LogP contribution is -2.50. The first-order valence-electron chi connectivity index (χ1n) is 10.3. The predicted molar refractivity (Wildman–Crippen MR) is 125 cm³/mol. The molecule has 0 saturated carbocycles. The van der Waals surface area contributed by atoms with Gasteiger partial charge in [0.25, 0.3) is 0 Å². The summed E-state index contributed by atoms with van der Waals surface area (Å²) in [6.45, 7) is 11.4. The number of halogens is 1. The van der Waals surface area contributed by atoms with Crippen molar-refractivity contribution in [3.8, 4) is 0 Å². The number of nitrogens with one attached hydrogen (secondary N) is 1. The molecule has 0 aromatic rings.